The van der Waals surface area contributed by atoms with Crippen LogP contribution in [0.5, 0.6) is 0 Å². The molecule has 2 heterocycles. The van der Waals surface area contributed by atoms with Gasteiger partial charge < -0.3 is 9.30 Å². The van der Waals surface area contributed by atoms with Crippen molar-refractivity contribution in [2.75, 3.05) is 26.8 Å². The number of aryl methyl sites for hydroxylation is 1. The van der Waals surface area contributed by atoms with Crippen LogP contribution < -0.4 is 0 Å². The maximum atomic E-state index is 12.8. The summed E-state index contributed by atoms with van der Waals surface area (Å²) in [6.45, 7) is 4.67. The fourth-order valence-electron chi connectivity index (χ4n) is 3.53. The largest absolute Gasteiger partial charge is 0.385 e. The fraction of sp³-hybridized carbons (Fsp3) is 0.526. The number of aromatic nitrogens is 2. The van der Waals surface area contributed by atoms with Gasteiger partial charge in [0.15, 0.2) is 0 Å². The number of nitrogens with zero attached hydrogens (tertiary/aromatic N) is 3. The van der Waals surface area contributed by atoms with Crippen LogP contribution in [0.25, 0.3) is 0 Å². The lowest BCUT2D eigenvalue weighted by molar-refractivity contribution is 0.189. The van der Waals surface area contributed by atoms with E-state index >= 15 is 0 Å². The molecule has 1 aliphatic heterocycles. The third-order valence-corrected chi connectivity index (χ3v) is 6.73. The molecule has 142 valence electrons. The van der Waals surface area contributed by atoms with E-state index in [0.29, 0.717) is 19.7 Å². The van der Waals surface area contributed by atoms with Crippen molar-refractivity contribution in [2.24, 2.45) is 0 Å². The van der Waals surface area contributed by atoms with Gasteiger partial charge in [0.2, 0.25) is 10.0 Å². The second kappa shape index (κ2) is 8.33. The Morgan fingerprint density at radius 1 is 1.27 bits per heavy atom. The van der Waals surface area contributed by atoms with Crippen LogP contribution in [0.2, 0.25) is 0 Å². The zero-order valence-electron chi connectivity index (χ0n) is 15.5. The number of sulfonamides is 1. The Bertz CT molecular complexity index is 818. The summed E-state index contributed by atoms with van der Waals surface area (Å²) in [5, 5.41) is 0. The summed E-state index contributed by atoms with van der Waals surface area (Å²) in [4.78, 5) is 4.58. The molecule has 0 radical (unpaired) electrons. The van der Waals surface area contributed by atoms with E-state index in [0.717, 1.165) is 36.5 Å². The van der Waals surface area contributed by atoms with E-state index in [2.05, 4.69) is 9.55 Å². The van der Waals surface area contributed by atoms with Gasteiger partial charge in [0.1, 0.15) is 5.82 Å². The molecule has 26 heavy (non-hydrogen) atoms. The SMILES string of the molecule is COCCCn1c(C)cnc1C1CCN(S(=O)(=O)Cc2ccccc2)C1. The first-order valence-corrected chi connectivity index (χ1v) is 10.6. The van der Waals surface area contributed by atoms with E-state index in [1.165, 1.54) is 0 Å². The van der Waals surface area contributed by atoms with Gasteiger partial charge in [-0.3, -0.25) is 0 Å². The van der Waals surface area contributed by atoms with Crippen LogP contribution in [-0.2, 0) is 27.1 Å². The number of rotatable bonds is 8. The van der Waals surface area contributed by atoms with E-state index in [4.69, 9.17) is 4.74 Å². The molecule has 3 rings (SSSR count). The van der Waals surface area contributed by atoms with Gasteiger partial charge in [-0.2, -0.15) is 0 Å². The minimum Gasteiger partial charge on any atom is -0.385 e. The van der Waals surface area contributed by atoms with Crippen molar-refractivity contribution in [2.45, 2.75) is 38.0 Å². The van der Waals surface area contributed by atoms with Crippen molar-refractivity contribution in [3.63, 3.8) is 0 Å². The summed E-state index contributed by atoms with van der Waals surface area (Å²) < 4.78 is 34.5. The second-order valence-electron chi connectivity index (χ2n) is 6.84. The molecule has 7 heteroatoms. The second-order valence-corrected chi connectivity index (χ2v) is 8.81. The molecule has 0 N–H and O–H groups in total. The highest BCUT2D eigenvalue weighted by Gasteiger charge is 2.34. The number of hydrogen-bond acceptors (Lipinski definition) is 4. The average Bonchev–Trinajstić information content (AvgIpc) is 3.24. The van der Waals surface area contributed by atoms with Crippen LogP contribution in [0, 0.1) is 6.92 Å². The third kappa shape index (κ3) is 4.34. The Labute approximate surface area is 155 Å². The van der Waals surface area contributed by atoms with Crippen molar-refractivity contribution in [1.82, 2.24) is 13.9 Å². The van der Waals surface area contributed by atoms with E-state index in [1.807, 2.05) is 43.5 Å². The van der Waals surface area contributed by atoms with Gasteiger partial charge in [-0.1, -0.05) is 30.3 Å². The molecule has 0 aliphatic carbocycles. The maximum absolute atomic E-state index is 12.8. The normalized spacial score (nSPS) is 18.5. The maximum Gasteiger partial charge on any atom is 0.218 e. The third-order valence-electron chi connectivity index (χ3n) is 4.92. The lowest BCUT2D eigenvalue weighted by Gasteiger charge is -2.17. The van der Waals surface area contributed by atoms with Crippen molar-refractivity contribution < 1.29 is 13.2 Å². The van der Waals surface area contributed by atoms with Crippen LogP contribution in [0.15, 0.2) is 36.5 Å². The molecular formula is C19H27N3O3S. The molecular weight excluding hydrogens is 350 g/mol. The predicted molar refractivity (Wildman–Crippen MR) is 101 cm³/mol. The zero-order valence-corrected chi connectivity index (χ0v) is 16.3. The molecule has 0 spiro atoms. The quantitative estimate of drug-likeness (QED) is 0.663. The molecule has 1 unspecified atom stereocenters. The lowest BCUT2D eigenvalue weighted by atomic mass is 10.1. The highest BCUT2D eigenvalue weighted by Crippen LogP contribution is 2.30. The van der Waals surface area contributed by atoms with Gasteiger partial charge in [-0.15, -0.1) is 0 Å². The minimum atomic E-state index is -3.30. The summed E-state index contributed by atoms with van der Waals surface area (Å²) in [7, 11) is -1.60. The summed E-state index contributed by atoms with van der Waals surface area (Å²) in [5.41, 5.74) is 1.94. The Morgan fingerprint density at radius 2 is 2.04 bits per heavy atom. The van der Waals surface area contributed by atoms with E-state index in [-0.39, 0.29) is 11.7 Å². The molecule has 6 nitrogen and oxygen atoms in total. The van der Waals surface area contributed by atoms with Crippen LogP contribution in [0.1, 0.15) is 35.8 Å². The highest BCUT2D eigenvalue weighted by atomic mass is 32.2. The number of imidazole rings is 1. The predicted octanol–water partition coefficient (Wildman–Crippen LogP) is 2.55. The first-order chi connectivity index (χ1) is 12.5. The van der Waals surface area contributed by atoms with Crippen molar-refractivity contribution in [3.05, 3.63) is 53.6 Å². The van der Waals surface area contributed by atoms with Gasteiger partial charge in [0.25, 0.3) is 0 Å². The smallest absolute Gasteiger partial charge is 0.218 e. The molecule has 1 aromatic carbocycles. The van der Waals surface area contributed by atoms with Crippen LogP contribution in [0.4, 0.5) is 0 Å². The Hall–Kier alpha value is -1.70. The summed E-state index contributed by atoms with van der Waals surface area (Å²) in [5.74, 6) is 1.20. The number of hydrogen-bond donors (Lipinski definition) is 0. The summed E-state index contributed by atoms with van der Waals surface area (Å²) in [6, 6.07) is 9.36. The fourth-order valence-corrected chi connectivity index (χ4v) is 5.12. The first-order valence-electron chi connectivity index (χ1n) is 9.04. The molecule has 1 saturated heterocycles. The standard InChI is InChI=1S/C19H27N3O3S/c1-16-13-20-19(22(16)10-6-12-25-2)18-9-11-21(14-18)26(23,24)15-17-7-4-3-5-8-17/h3-5,7-8,13,18H,6,9-12,14-15H2,1-2H3. The summed E-state index contributed by atoms with van der Waals surface area (Å²) in [6.07, 6.45) is 3.61. The van der Waals surface area contributed by atoms with Crippen molar-refractivity contribution >= 4 is 10.0 Å². The average molecular weight is 378 g/mol. The first kappa shape index (κ1) is 19.1. The zero-order chi connectivity index (χ0) is 18.6. The van der Waals surface area contributed by atoms with E-state index in [9.17, 15) is 8.42 Å². The van der Waals surface area contributed by atoms with Crippen molar-refractivity contribution in [3.8, 4) is 0 Å². The molecule has 2 aromatic rings. The van der Waals surface area contributed by atoms with Gasteiger partial charge in [-0.25, -0.2) is 17.7 Å². The van der Waals surface area contributed by atoms with Gasteiger partial charge >= 0.3 is 0 Å². The lowest BCUT2D eigenvalue weighted by Crippen LogP contribution is -2.30. The Morgan fingerprint density at radius 3 is 2.77 bits per heavy atom. The molecule has 0 amide bonds. The van der Waals surface area contributed by atoms with Crippen molar-refractivity contribution in [1.29, 1.82) is 0 Å². The summed E-state index contributed by atoms with van der Waals surface area (Å²) >= 11 is 0. The van der Waals surface area contributed by atoms with E-state index < -0.39 is 10.0 Å². The van der Waals surface area contributed by atoms with Gasteiger partial charge in [-0.05, 0) is 25.3 Å². The number of ether oxygens (including phenoxy) is 1. The van der Waals surface area contributed by atoms with Crippen LogP contribution >= 0.6 is 0 Å². The molecule has 1 aromatic heterocycles. The number of methoxy groups -OCH3 is 1. The molecule has 1 atom stereocenters. The van der Waals surface area contributed by atoms with Crippen LogP contribution in [0.3, 0.4) is 0 Å². The van der Waals surface area contributed by atoms with Gasteiger partial charge in [0, 0.05) is 51.2 Å². The number of benzene rings is 1. The minimum absolute atomic E-state index is 0.0574. The Kier molecular flexibility index (Phi) is 6.11. The molecule has 1 aliphatic rings. The van der Waals surface area contributed by atoms with Crippen LogP contribution in [-0.4, -0.2) is 49.1 Å². The molecule has 0 bridgehead atoms. The van der Waals surface area contributed by atoms with Gasteiger partial charge in [0.05, 0.1) is 5.75 Å². The molecule has 0 saturated carbocycles. The monoisotopic (exact) mass is 377 g/mol. The molecule has 1 fully saturated rings. The highest BCUT2D eigenvalue weighted by molar-refractivity contribution is 7.88. The Balaban J connectivity index is 1.69. The topological polar surface area (TPSA) is 64.4 Å². The van der Waals surface area contributed by atoms with E-state index in [1.54, 1.807) is 11.4 Å².